The Morgan fingerprint density at radius 2 is 1.66 bits per heavy atom. The van der Waals surface area contributed by atoms with Crippen molar-refractivity contribution in [2.45, 2.75) is 50.4 Å². The minimum absolute atomic E-state index is 0.0997. The molecule has 3 amide bonds. The number of nitrogens with one attached hydrogen (secondary N) is 2. The van der Waals surface area contributed by atoms with Crippen molar-refractivity contribution in [3.05, 3.63) is 75.2 Å². The summed E-state index contributed by atoms with van der Waals surface area (Å²) in [6.07, 6.45) is -13.2. The summed E-state index contributed by atoms with van der Waals surface area (Å²) in [4.78, 5) is 50.5. The van der Waals surface area contributed by atoms with Gasteiger partial charge >= 0.3 is 18.0 Å². The summed E-state index contributed by atoms with van der Waals surface area (Å²) in [7, 11) is 0. The molecule has 0 spiro atoms. The molecule has 18 heteroatoms. The maximum absolute atomic E-state index is 13.4. The number of hydrogen-bond donors (Lipinski definition) is 4. The summed E-state index contributed by atoms with van der Waals surface area (Å²) >= 11 is 5.85. The SMILES string of the molecule is C[C@](NC(=O)Cn1nc(-c2ccc(Cl)cc2)n(C[C@H](O)C(F)(F)F)c1=O)(C(=O)NCCC(N)=O)c1cccc(C(F)(F)F)c1. The van der Waals surface area contributed by atoms with Crippen molar-refractivity contribution in [2.24, 2.45) is 5.73 Å². The van der Waals surface area contributed by atoms with E-state index in [4.69, 9.17) is 17.3 Å². The minimum Gasteiger partial charge on any atom is -0.382 e. The molecular formula is C26H25ClF6N6O5. The molecule has 0 aliphatic rings. The monoisotopic (exact) mass is 650 g/mol. The Morgan fingerprint density at radius 3 is 2.23 bits per heavy atom. The summed E-state index contributed by atoms with van der Waals surface area (Å²) in [6, 6.07) is 8.84. The Morgan fingerprint density at radius 1 is 1.05 bits per heavy atom. The Balaban J connectivity index is 2.01. The predicted octanol–water partition coefficient (Wildman–Crippen LogP) is 2.33. The van der Waals surface area contributed by atoms with Gasteiger partial charge in [0.2, 0.25) is 17.7 Å². The molecule has 5 N–H and O–H groups in total. The number of aliphatic hydroxyl groups excluding tert-OH is 1. The fraction of sp³-hybridized carbons (Fsp3) is 0.346. The van der Waals surface area contributed by atoms with E-state index in [9.17, 15) is 50.6 Å². The third-order valence-corrected chi connectivity index (χ3v) is 6.57. The van der Waals surface area contributed by atoms with Crippen LogP contribution in [0, 0.1) is 0 Å². The van der Waals surface area contributed by atoms with Crippen LogP contribution in [0.1, 0.15) is 24.5 Å². The molecule has 44 heavy (non-hydrogen) atoms. The second kappa shape index (κ2) is 13.1. The van der Waals surface area contributed by atoms with Crippen LogP contribution in [0.3, 0.4) is 0 Å². The molecule has 0 bridgehead atoms. The van der Waals surface area contributed by atoms with E-state index in [1.807, 2.05) is 0 Å². The first-order valence-electron chi connectivity index (χ1n) is 12.6. The molecule has 1 aromatic heterocycles. The van der Waals surface area contributed by atoms with Gasteiger partial charge in [-0.3, -0.25) is 19.0 Å². The molecule has 0 aliphatic heterocycles. The van der Waals surface area contributed by atoms with Crippen molar-refractivity contribution in [3.8, 4) is 11.4 Å². The second-order valence-corrected chi connectivity index (χ2v) is 10.1. The van der Waals surface area contributed by atoms with E-state index in [2.05, 4.69) is 15.7 Å². The van der Waals surface area contributed by atoms with Crippen molar-refractivity contribution < 1.29 is 45.8 Å². The average Bonchev–Trinajstić information content (AvgIpc) is 3.22. The number of alkyl halides is 6. The molecule has 0 fully saturated rings. The number of aromatic nitrogens is 3. The summed E-state index contributed by atoms with van der Waals surface area (Å²) < 4.78 is 80.6. The number of halogens is 7. The van der Waals surface area contributed by atoms with Gasteiger partial charge < -0.3 is 21.5 Å². The first-order valence-corrected chi connectivity index (χ1v) is 12.9. The topological polar surface area (TPSA) is 161 Å². The van der Waals surface area contributed by atoms with E-state index in [1.54, 1.807) is 0 Å². The van der Waals surface area contributed by atoms with E-state index >= 15 is 0 Å². The van der Waals surface area contributed by atoms with Gasteiger partial charge in [0.05, 0.1) is 12.1 Å². The summed E-state index contributed by atoms with van der Waals surface area (Å²) in [6.45, 7) is -1.54. The number of benzene rings is 2. The van der Waals surface area contributed by atoms with Crippen molar-refractivity contribution in [2.75, 3.05) is 6.54 Å². The zero-order valence-corrected chi connectivity index (χ0v) is 23.4. The number of nitrogens with zero attached hydrogens (tertiary/aromatic N) is 3. The fourth-order valence-electron chi connectivity index (χ4n) is 3.99. The van der Waals surface area contributed by atoms with Crippen molar-refractivity contribution in [3.63, 3.8) is 0 Å². The van der Waals surface area contributed by atoms with E-state index in [-0.39, 0.29) is 34.9 Å². The third-order valence-electron chi connectivity index (χ3n) is 6.32. The van der Waals surface area contributed by atoms with E-state index in [0.29, 0.717) is 15.3 Å². The molecule has 2 aromatic carbocycles. The molecule has 0 aliphatic carbocycles. The highest BCUT2D eigenvalue weighted by molar-refractivity contribution is 6.30. The predicted molar refractivity (Wildman–Crippen MR) is 143 cm³/mol. The van der Waals surface area contributed by atoms with Crippen LogP contribution in [0.2, 0.25) is 5.02 Å². The van der Waals surface area contributed by atoms with Crippen LogP contribution in [0.25, 0.3) is 11.4 Å². The van der Waals surface area contributed by atoms with Gasteiger partial charge in [-0.1, -0.05) is 23.7 Å². The summed E-state index contributed by atoms with van der Waals surface area (Å²) in [5, 5.41) is 18.4. The number of rotatable bonds is 11. The molecule has 2 atom stereocenters. The van der Waals surface area contributed by atoms with E-state index < -0.39 is 66.1 Å². The van der Waals surface area contributed by atoms with Gasteiger partial charge in [-0.05, 0) is 48.9 Å². The maximum Gasteiger partial charge on any atom is 0.416 e. The lowest BCUT2D eigenvalue weighted by molar-refractivity contribution is -0.207. The van der Waals surface area contributed by atoms with Crippen molar-refractivity contribution in [1.29, 1.82) is 0 Å². The van der Waals surface area contributed by atoms with E-state index in [0.717, 1.165) is 25.1 Å². The second-order valence-electron chi connectivity index (χ2n) is 9.66. The highest BCUT2D eigenvalue weighted by Gasteiger charge is 2.41. The lowest BCUT2D eigenvalue weighted by Crippen LogP contribution is -2.55. The molecule has 3 aromatic rings. The van der Waals surface area contributed by atoms with E-state index in [1.165, 1.54) is 24.3 Å². The molecule has 1 heterocycles. The molecular weight excluding hydrogens is 626 g/mol. The zero-order valence-electron chi connectivity index (χ0n) is 22.7. The van der Waals surface area contributed by atoms with Gasteiger partial charge in [0, 0.05) is 23.6 Å². The lowest BCUT2D eigenvalue weighted by atomic mass is 9.89. The van der Waals surface area contributed by atoms with Crippen LogP contribution >= 0.6 is 11.6 Å². The van der Waals surface area contributed by atoms with Gasteiger partial charge in [-0.25, -0.2) is 9.48 Å². The molecule has 0 radical (unpaired) electrons. The number of carbonyl (C=O) groups excluding carboxylic acids is 3. The van der Waals surface area contributed by atoms with Gasteiger partial charge in [0.15, 0.2) is 11.9 Å². The Hall–Kier alpha value is -4.38. The Labute approximate surface area is 249 Å². The molecule has 238 valence electrons. The molecule has 3 rings (SSSR count). The first kappa shape index (κ1) is 34.1. The van der Waals surface area contributed by atoms with Gasteiger partial charge in [0.25, 0.3) is 0 Å². The summed E-state index contributed by atoms with van der Waals surface area (Å²) in [5.41, 5.74) is 0.214. The molecule has 0 unspecified atom stereocenters. The van der Waals surface area contributed by atoms with Crippen molar-refractivity contribution in [1.82, 2.24) is 25.0 Å². The van der Waals surface area contributed by atoms with Crippen LogP contribution in [-0.2, 0) is 39.2 Å². The lowest BCUT2D eigenvalue weighted by Gasteiger charge is -2.30. The maximum atomic E-state index is 13.4. The summed E-state index contributed by atoms with van der Waals surface area (Å²) in [5.74, 6) is -3.36. The fourth-order valence-corrected chi connectivity index (χ4v) is 4.12. The molecule has 0 saturated carbocycles. The van der Waals surface area contributed by atoms with Crippen LogP contribution in [-0.4, -0.2) is 56.0 Å². The van der Waals surface area contributed by atoms with Crippen molar-refractivity contribution >= 4 is 29.3 Å². The number of carbonyl (C=O) groups is 3. The quantitative estimate of drug-likeness (QED) is 0.233. The number of nitrogens with two attached hydrogens (primary N) is 1. The number of primary amides is 1. The smallest absolute Gasteiger partial charge is 0.382 e. The van der Waals surface area contributed by atoms with Crippen LogP contribution in [0.15, 0.2) is 53.3 Å². The highest BCUT2D eigenvalue weighted by Crippen LogP contribution is 2.32. The number of aliphatic hydroxyl groups is 1. The largest absolute Gasteiger partial charge is 0.416 e. The normalized spacial score (nSPS) is 14.0. The van der Waals surface area contributed by atoms with Crippen LogP contribution in [0.5, 0.6) is 0 Å². The molecule has 0 saturated heterocycles. The van der Waals surface area contributed by atoms with Gasteiger partial charge in [-0.15, -0.1) is 5.10 Å². The zero-order chi connectivity index (χ0) is 33.0. The highest BCUT2D eigenvalue weighted by atomic mass is 35.5. The Bertz CT molecular complexity index is 1590. The number of amides is 3. The first-order chi connectivity index (χ1) is 20.3. The standard InChI is InChI=1S/C26H25ClF6N6O5/c1-24(22(43)35-10-9-19(34)41,15-3-2-4-16(11-15)25(28,29)30)36-20(42)13-39-23(44)38(12-18(40)26(31,32)33)21(37-39)14-5-7-17(27)8-6-14/h2-8,11,18,40H,9-10,12-13H2,1H3,(H2,34,41)(H,35,43)(H,36,42)/t18-,24+/m0/s1. The van der Waals surface area contributed by atoms with Crippen LogP contribution < -0.4 is 22.1 Å². The average molecular weight is 651 g/mol. The number of hydrogen-bond acceptors (Lipinski definition) is 6. The van der Waals surface area contributed by atoms with Gasteiger partial charge in [-0.2, -0.15) is 26.3 Å². The Kier molecular flexibility index (Phi) is 10.1. The molecule has 11 nitrogen and oxygen atoms in total. The van der Waals surface area contributed by atoms with Gasteiger partial charge in [0.1, 0.15) is 12.1 Å². The van der Waals surface area contributed by atoms with Crippen LogP contribution in [0.4, 0.5) is 26.3 Å². The minimum atomic E-state index is -5.11. The third kappa shape index (κ3) is 8.16.